The molecule has 23 heavy (non-hydrogen) atoms. The number of hydroxylamine groups is 2. The van der Waals surface area contributed by atoms with Gasteiger partial charge in [0.2, 0.25) is 0 Å². The Morgan fingerprint density at radius 2 is 1.78 bits per heavy atom. The minimum absolute atomic E-state index is 0. The fourth-order valence-corrected chi connectivity index (χ4v) is 1.75. The molecule has 0 radical (unpaired) electrons. The second-order valence-corrected chi connectivity index (χ2v) is 4.34. The Balaban J connectivity index is 0.00000264. The van der Waals surface area contributed by atoms with Crippen LogP contribution in [0.15, 0.2) is 28.6 Å². The summed E-state index contributed by atoms with van der Waals surface area (Å²) in [4.78, 5) is 50.7. The van der Waals surface area contributed by atoms with Gasteiger partial charge in [-0.2, -0.15) is 0 Å². The normalized spacial score (nSPS) is 13.1. The number of para-hydroxylation sites is 1. The van der Waals surface area contributed by atoms with Crippen LogP contribution in [0.5, 0.6) is 0 Å². The fraction of sp³-hybridized carbons (Fsp3) is 0.167. The van der Waals surface area contributed by atoms with Gasteiger partial charge in [-0.1, -0.05) is 12.1 Å². The number of hydrogen-bond donors (Lipinski definition) is 2. The van der Waals surface area contributed by atoms with E-state index in [1.165, 1.54) is 12.1 Å². The van der Waals surface area contributed by atoms with Gasteiger partial charge in [0.1, 0.15) is 0 Å². The molecule has 0 aromatic heterocycles. The number of hydrazine groups is 1. The highest BCUT2D eigenvalue weighted by Gasteiger charge is 2.33. The molecule has 0 aliphatic carbocycles. The van der Waals surface area contributed by atoms with Gasteiger partial charge in [-0.05, 0) is 12.1 Å². The van der Waals surface area contributed by atoms with Crippen molar-refractivity contribution in [2.45, 2.75) is 12.8 Å². The van der Waals surface area contributed by atoms with E-state index < -0.39 is 23.8 Å². The topological polar surface area (TPSA) is 117 Å². The van der Waals surface area contributed by atoms with E-state index in [-0.39, 0.29) is 36.5 Å². The summed E-state index contributed by atoms with van der Waals surface area (Å²) in [6.07, 6.45) is 0.00477. The Bertz CT molecular complexity index is 653. The first-order chi connectivity index (χ1) is 10.5. The van der Waals surface area contributed by atoms with Crippen LogP contribution >= 0.6 is 12.4 Å². The quantitative estimate of drug-likeness (QED) is 0.611. The molecule has 1 aromatic carbocycles. The second kappa shape index (κ2) is 8.15. The van der Waals surface area contributed by atoms with Gasteiger partial charge >= 0.3 is 12.0 Å². The smallest absolute Gasteiger partial charge is 0.325 e. The van der Waals surface area contributed by atoms with Crippen molar-refractivity contribution in [3.63, 3.8) is 0 Å². The van der Waals surface area contributed by atoms with Crippen LogP contribution in [0, 0.1) is 0 Å². The number of amides is 4. The number of rotatable bonds is 4. The van der Waals surface area contributed by atoms with Crippen LogP contribution in [0.4, 0.5) is 10.5 Å². The van der Waals surface area contributed by atoms with Gasteiger partial charge in [0.05, 0.1) is 11.3 Å². The average Bonchev–Trinajstić information content (AvgIpc) is 2.84. The summed E-state index contributed by atoms with van der Waals surface area (Å²) in [7, 11) is 0. The van der Waals surface area contributed by atoms with Crippen LogP contribution in [0.2, 0.25) is 0 Å². The van der Waals surface area contributed by atoms with Gasteiger partial charge in [-0.3, -0.25) is 15.0 Å². The van der Waals surface area contributed by atoms with E-state index in [0.29, 0.717) is 5.06 Å². The molecule has 1 aliphatic heterocycles. The zero-order valence-electron chi connectivity index (χ0n) is 11.5. The van der Waals surface area contributed by atoms with E-state index in [2.05, 4.69) is 27.6 Å². The van der Waals surface area contributed by atoms with Crippen molar-refractivity contribution >= 4 is 54.3 Å². The third-order valence-electron chi connectivity index (χ3n) is 2.71. The summed E-state index contributed by atoms with van der Waals surface area (Å²) in [5.41, 5.74) is 4.79. The predicted octanol–water partition coefficient (Wildman–Crippen LogP) is 1.10. The molecule has 1 aromatic rings. The molecule has 9 nitrogen and oxygen atoms in total. The first-order valence-corrected chi connectivity index (χ1v) is 6.46. The van der Waals surface area contributed by atoms with Crippen LogP contribution in [0.1, 0.15) is 23.2 Å². The largest absolute Gasteiger partial charge is 0.370 e. The fourth-order valence-electron chi connectivity index (χ4n) is 1.70. The minimum Gasteiger partial charge on any atom is -0.325 e. The summed E-state index contributed by atoms with van der Waals surface area (Å²) < 4.78 is 2.94. The van der Waals surface area contributed by atoms with Crippen LogP contribution < -0.4 is 10.9 Å². The van der Waals surface area contributed by atoms with E-state index in [1.807, 2.05) is 0 Å². The number of nitrogens with zero attached hydrogens (tertiary/aromatic N) is 2. The third kappa shape index (κ3) is 4.44. The lowest BCUT2D eigenvalue weighted by molar-refractivity contribution is -0.172. The van der Waals surface area contributed by atoms with Gasteiger partial charge in [-0.15, -0.1) is 21.8 Å². The Kier molecular flexibility index (Phi) is 6.54. The summed E-state index contributed by atoms with van der Waals surface area (Å²) >= 11 is 4.20. The molecular formula is C12H11ClN4O5S. The first kappa shape index (κ1) is 18.5. The molecule has 0 spiro atoms. The minimum atomic E-state index is -0.920. The Labute approximate surface area is 141 Å². The molecule has 0 saturated carbocycles. The third-order valence-corrected chi connectivity index (χ3v) is 2.88. The van der Waals surface area contributed by atoms with Gasteiger partial charge in [0.25, 0.3) is 11.8 Å². The molecule has 0 bridgehead atoms. The molecule has 2 rings (SSSR count). The number of anilines is 1. The van der Waals surface area contributed by atoms with Gasteiger partial charge < -0.3 is 4.84 Å². The molecule has 122 valence electrons. The highest BCUT2D eigenvalue weighted by molar-refractivity contribution is 7.47. The number of halogens is 1. The molecule has 1 saturated heterocycles. The Morgan fingerprint density at radius 3 is 2.39 bits per heavy atom. The highest BCUT2D eigenvalue weighted by atomic mass is 35.5. The van der Waals surface area contributed by atoms with Crippen molar-refractivity contribution < 1.29 is 24.0 Å². The predicted molar refractivity (Wildman–Crippen MR) is 82.1 cm³/mol. The zero-order valence-corrected chi connectivity index (χ0v) is 13.1. The van der Waals surface area contributed by atoms with E-state index >= 15 is 0 Å². The maximum absolute atomic E-state index is 12.1. The van der Waals surface area contributed by atoms with E-state index in [1.54, 1.807) is 12.1 Å². The van der Waals surface area contributed by atoms with E-state index in [9.17, 15) is 19.2 Å². The number of carbonyl (C=O) groups excluding carboxylic acids is 4. The Hall–Kier alpha value is -2.59. The SMILES string of the molecule is Cl.O=C(N=S)NNc1ccccc1C(=O)ON1C(=O)CCC1=O. The van der Waals surface area contributed by atoms with Crippen LogP contribution in [0.3, 0.4) is 0 Å². The number of benzene rings is 1. The van der Waals surface area contributed by atoms with Crippen molar-refractivity contribution in [2.75, 3.05) is 5.43 Å². The molecule has 1 heterocycles. The first-order valence-electron chi connectivity index (χ1n) is 6.09. The van der Waals surface area contributed by atoms with Gasteiger partial charge in [0, 0.05) is 25.3 Å². The highest BCUT2D eigenvalue weighted by Crippen LogP contribution is 2.18. The molecule has 1 aliphatic rings. The number of imide groups is 1. The molecule has 0 atom stereocenters. The lowest BCUT2D eigenvalue weighted by Gasteiger charge is -2.15. The summed E-state index contributed by atoms with van der Waals surface area (Å²) in [5, 5.41) is 0.441. The maximum Gasteiger partial charge on any atom is 0.370 e. The molecular weight excluding hydrogens is 348 g/mol. The second-order valence-electron chi connectivity index (χ2n) is 4.15. The monoisotopic (exact) mass is 358 g/mol. The summed E-state index contributed by atoms with van der Waals surface area (Å²) in [6, 6.07) is 5.21. The van der Waals surface area contributed by atoms with E-state index in [4.69, 9.17) is 4.84 Å². The van der Waals surface area contributed by atoms with Crippen molar-refractivity contribution in [1.82, 2.24) is 10.5 Å². The standard InChI is InChI=1S/C12H10N4O5S.ClH/c17-9-5-6-10(18)16(9)21-11(19)7-3-1-2-4-8(7)13-14-12(20)15-22;/h1-4,13H,5-6H2,(H,14,20);1H. The molecule has 1 fully saturated rings. The van der Waals surface area contributed by atoms with Gasteiger partial charge in [-0.25, -0.2) is 15.0 Å². The van der Waals surface area contributed by atoms with Crippen molar-refractivity contribution in [1.29, 1.82) is 0 Å². The molecule has 11 heteroatoms. The zero-order chi connectivity index (χ0) is 16.1. The molecule has 0 unspecified atom stereocenters. The number of nitrogens with one attached hydrogen (secondary N) is 2. The lowest BCUT2D eigenvalue weighted by atomic mass is 10.2. The van der Waals surface area contributed by atoms with Crippen LogP contribution in [-0.4, -0.2) is 28.9 Å². The van der Waals surface area contributed by atoms with Crippen LogP contribution in [-0.2, 0) is 26.9 Å². The van der Waals surface area contributed by atoms with Crippen molar-refractivity contribution in [3.05, 3.63) is 29.8 Å². The number of hydrogen-bond acceptors (Lipinski definition) is 7. The summed E-state index contributed by atoms with van der Waals surface area (Å²) in [6.45, 7) is 0. The molecule has 4 amide bonds. The van der Waals surface area contributed by atoms with Crippen LogP contribution in [0.25, 0.3) is 0 Å². The summed E-state index contributed by atoms with van der Waals surface area (Å²) in [5.74, 6) is -2.08. The lowest BCUT2D eigenvalue weighted by Crippen LogP contribution is -2.33. The van der Waals surface area contributed by atoms with Gasteiger partial charge in [0.15, 0.2) is 0 Å². The van der Waals surface area contributed by atoms with E-state index in [0.717, 1.165) is 0 Å². The average molecular weight is 359 g/mol. The van der Waals surface area contributed by atoms with Crippen molar-refractivity contribution in [2.24, 2.45) is 4.36 Å². The number of carbonyl (C=O) groups is 4. The maximum atomic E-state index is 12.1. The molecule has 2 N–H and O–H groups in total. The Morgan fingerprint density at radius 1 is 1.17 bits per heavy atom. The van der Waals surface area contributed by atoms with Crippen molar-refractivity contribution in [3.8, 4) is 0 Å². The number of urea groups is 1.